The smallest absolute Gasteiger partial charge is 0.216 e. The van der Waals surface area contributed by atoms with Gasteiger partial charge in [0.15, 0.2) is 5.96 Å². The van der Waals surface area contributed by atoms with E-state index >= 15 is 0 Å². The van der Waals surface area contributed by atoms with Crippen LogP contribution in [0.2, 0.25) is 0 Å². The first-order chi connectivity index (χ1) is 12.3. The fraction of sp³-hybridized carbons (Fsp3) is 0.588. The first-order valence-electron chi connectivity index (χ1n) is 8.62. The van der Waals surface area contributed by atoms with E-state index in [0.717, 1.165) is 5.56 Å². The molecule has 2 N–H and O–H groups in total. The summed E-state index contributed by atoms with van der Waals surface area (Å²) in [6, 6.07) is 6.15. The molecule has 0 spiro atoms. The summed E-state index contributed by atoms with van der Waals surface area (Å²) in [6.07, 6.45) is -0.210. The van der Waals surface area contributed by atoms with Crippen molar-refractivity contribution < 1.29 is 17.5 Å². The maximum absolute atomic E-state index is 12.9. The van der Waals surface area contributed by atoms with E-state index in [2.05, 4.69) is 15.6 Å². The molecule has 2 rings (SSSR count). The molecule has 0 aromatic heterocycles. The monoisotopic (exact) mass is 514 g/mol. The number of morpholine rings is 1. The quantitative estimate of drug-likeness (QED) is 0.342. The second-order valence-electron chi connectivity index (χ2n) is 6.37. The predicted molar refractivity (Wildman–Crippen MR) is 115 cm³/mol. The molecule has 1 aromatic rings. The van der Waals surface area contributed by atoms with Crippen LogP contribution in [0, 0.1) is 5.82 Å². The fourth-order valence-electron chi connectivity index (χ4n) is 2.79. The van der Waals surface area contributed by atoms with Crippen LogP contribution >= 0.6 is 24.0 Å². The summed E-state index contributed by atoms with van der Waals surface area (Å²) in [5.41, 5.74) is 0.901. The Bertz CT molecular complexity index is 705. The molecule has 0 saturated carbocycles. The number of hydrogen-bond acceptors (Lipinski definition) is 4. The summed E-state index contributed by atoms with van der Waals surface area (Å²) in [6.45, 7) is 5.21. The van der Waals surface area contributed by atoms with E-state index in [-0.39, 0.29) is 54.3 Å². The zero-order chi connectivity index (χ0) is 19.2. The number of guanidine groups is 1. The molecule has 1 saturated heterocycles. The fourth-order valence-corrected chi connectivity index (χ4v) is 4.29. The second kappa shape index (κ2) is 11.1. The lowest BCUT2D eigenvalue weighted by molar-refractivity contribution is -0.0440. The van der Waals surface area contributed by atoms with Gasteiger partial charge in [-0.15, -0.1) is 24.0 Å². The minimum absolute atomic E-state index is 0. The first kappa shape index (κ1) is 24.1. The Hall–Kier alpha value is -0.980. The van der Waals surface area contributed by atoms with Crippen molar-refractivity contribution in [2.45, 2.75) is 32.6 Å². The summed E-state index contributed by atoms with van der Waals surface area (Å²) in [4.78, 5) is 4.07. The lowest BCUT2D eigenvalue weighted by Gasteiger charge is -2.34. The molecule has 2 unspecified atom stereocenters. The molecule has 1 aliphatic rings. The molecule has 1 aromatic carbocycles. The number of sulfonamides is 1. The van der Waals surface area contributed by atoms with Gasteiger partial charge in [0, 0.05) is 33.2 Å². The molecule has 0 amide bonds. The van der Waals surface area contributed by atoms with Crippen LogP contribution in [0.5, 0.6) is 0 Å². The summed E-state index contributed by atoms with van der Waals surface area (Å²) < 4.78 is 45.0. The molecule has 10 heteroatoms. The maximum Gasteiger partial charge on any atom is 0.216 e. The standard InChI is InChI=1S/C17H27FN4O3S.HI/c1-13-11-22(12-14(2)25-13)26(23,24)9-8-20-17(19-3)21-10-15-4-6-16(18)7-5-15;/h4-7,13-14H,8-12H2,1-3H3,(H2,19,20,21);1H. The van der Waals surface area contributed by atoms with Crippen molar-refractivity contribution in [3.05, 3.63) is 35.6 Å². The van der Waals surface area contributed by atoms with Crippen LogP contribution in [0.15, 0.2) is 29.3 Å². The molecule has 154 valence electrons. The van der Waals surface area contributed by atoms with Gasteiger partial charge in [0.25, 0.3) is 0 Å². The van der Waals surface area contributed by atoms with Crippen molar-refractivity contribution in [1.82, 2.24) is 14.9 Å². The summed E-state index contributed by atoms with van der Waals surface area (Å²) >= 11 is 0. The Kier molecular flexibility index (Phi) is 9.91. The van der Waals surface area contributed by atoms with Crippen LogP contribution in [0.3, 0.4) is 0 Å². The minimum atomic E-state index is -3.36. The number of nitrogens with one attached hydrogen (secondary N) is 2. The third-order valence-electron chi connectivity index (χ3n) is 4.03. The Morgan fingerprint density at radius 3 is 2.37 bits per heavy atom. The third kappa shape index (κ3) is 7.88. The largest absolute Gasteiger partial charge is 0.373 e. The van der Waals surface area contributed by atoms with Crippen LogP contribution in [0.25, 0.3) is 0 Å². The van der Waals surface area contributed by atoms with E-state index in [1.54, 1.807) is 19.2 Å². The van der Waals surface area contributed by atoms with Gasteiger partial charge in [0.05, 0.1) is 18.0 Å². The third-order valence-corrected chi connectivity index (χ3v) is 5.83. The van der Waals surface area contributed by atoms with Crippen LogP contribution in [0.4, 0.5) is 4.39 Å². The van der Waals surface area contributed by atoms with Crippen molar-refractivity contribution >= 4 is 40.0 Å². The number of nitrogens with zero attached hydrogens (tertiary/aromatic N) is 2. The molecule has 7 nitrogen and oxygen atoms in total. The van der Waals surface area contributed by atoms with E-state index < -0.39 is 10.0 Å². The molecule has 0 bridgehead atoms. The lowest BCUT2D eigenvalue weighted by Crippen LogP contribution is -2.50. The highest BCUT2D eigenvalue weighted by atomic mass is 127. The van der Waals surface area contributed by atoms with Crippen LogP contribution in [-0.4, -0.2) is 63.3 Å². The van der Waals surface area contributed by atoms with E-state index in [4.69, 9.17) is 4.74 Å². The average molecular weight is 514 g/mol. The molecule has 1 fully saturated rings. The van der Waals surface area contributed by atoms with Crippen molar-refractivity contribution in [3.63, 3.8) is 0 Å². The predicted octanol–water partition coefficient (Wildman–Crippen LogP) is 1.55. The molecule has 2 atom stereocenters. The summed E-state index contributed by atoms with van der Waals surface area (Å²) in [7, 11) is -1.75. The number of benzene rings is 1. The number of rotatable bonds is 6. The number of hydrogen-bond donors (Lipinski definition) is 2. The minimum Gasteiger partial charge on any atom is -0.373 e. The van der Waals surface area contributed by atoms with Gasteiger partial charge < -0.3 is 15.4 Å². The molecule has 0 radical (unpaired) electrons. The average Bonchev–Trinajstić information content (AvgIpc) is 2.58. The van der Waals surface area contributed by atoms with Gasteiger partial charge in [-0.05, 0) is 31.5 Å². The first-order valence-corrected chi connectivity index (χ1v) is 10.2. The van der Waals surface area contributed by atoms with Gasteiger partial charge in [-0.1, -0.05) is 12.1 Å². The number of ether oxygens (including phenoxy) is 1. The van der Waals surface area contributed by atoms with Crippen molar-refractivity contribution in [1.29, 1.82) is 0 Å². The van der Waals surface area contributed by atoms with E-state index in [1.807, 2.05) is 13.8 Å². The van der Waals surface area contributed by atoms with Gasteiger partial charge in [0.1, 0.15) is 5.82 Å². The summed E-state index contributed by atoms with van der Waals surface area (Å²) in [5.74, 6) is 0.186. The van der Waals surface area contributed by atoms with Gasteiger partial charge in [-0.3, -0.25) is 4.99 Å². The van der Waals surface area contributed by atoms with E-state index in [1.165, 1.54) is 16.4 Å². The molecule has 1 aliphatic heterocycles. The van der Waals surface area contributed by atoms with E-state index in [0.29, 0.717) is 25.6 Å². The van der Waals surface area contributed by atoms with Crippen LogP contribution in [-0.2, 0) is 21.3 Å². The molecule has 1 heterocycles. The van der Waals surface area contributed by atoms with Crippen LogP contribution < -0.4 is 10.6 Å². The topological polar surface area (TPSA) is 83.0 Å². The van der Waals surface area contributed by atoms with Gasteiger partial charge in [-0.2, -0.15) is 4.31 Å². The van der Waals surface area contributed by atoms with Crippen LogP contribution in [0.1, 0.15) is 19.4 Å². The van der Waals surface area contributed by atoms with Crippen molar-refractivity contribution in [2.24, 2.45) is 4.99 Å². The van der Waals surface area contributed by atoms with Gasteiger partial charge in [0.2, 0.25) is 10.0 Å². The van der Waals surface area contributed by atoms with E-state index in [9.17, 15) is 12.8 Å². The molecule has 0 aliphatic carbocycles. The maximum atomic E-state index is 12.9. The summed E-state index contributed by atoms with van der Waals surface area (Å²) in [5, 5.41) is 6.07. The highest BCUT2D eigenvalue weighted by molar-refractivity contribution is 14.0. The van der Waals surface area contributed by atoms with Gasteiger partial charge in [-0.25, -0.2) is 12.8 Å². The SMILES string of the molecule is CN=C(NCCS(=O)(=O)N1CC(C)OC(C)C1)NCc1ccc(F)cc1.I. The molecular formula is C17H28FIN4O3S. The zero-order valence-electron chi connectivity index (χ0n) is 15.8. The Balaban J connectivity index is 0.00000364. The van der Waals surface area contributed by atoms with Crippen molar-refractivity contribution in [2.75, 3.05) is 32.4 Å². The Morgan fingerprint density at radius 2 is 1.81 bits per heavy atom. The second-order valence-corrected chi connectivity index (χ2v) is 8.46. The molecule has 27 heavy (non-hydrogen) atoms. The molecular weight excluding hydrogens is 486 g/mol. The number of aliphatic imine (C=N–C) groups is 1. The normalized spacial score (nSPS) is 21.4. The Morgan fingerprint density at radius 1 is 1.22 bits per heavy atom. The lowest BCUT2D eigenvalue weighted by atomic mass is 10.2. The van der Waals surface area contributed by atoms with Gasteiger partial charge >= 0.3 is 0 Å². The Labute approximate surface area is 177 Å². The number of halogens is 2. The van der Waals surface area contributed by atoms with Crippen molar-refractivity contribution in [3.8, 4) is 0 Å². The highest BCUT2D eigenvalue weighted by Crippen LogP contribution is 2.14. The zero-order valence-corrected chi connectivity index (χ0v) is 19.0. The highest BCUT2D eigenvalue weighted by Gasteiger charge is 2.30.